The summed E-state index contributed by atoms with van der Waals surface area (Å²) < 4.78 is 3.22. The highest BCUT2D eigenvalue weighted by Crippen LogP contribution is 2.30. The van der Waals surface area contributed by atoms with Crippen LogP contribution in [-0.4, -0.2) is 9.38 Å². The molecule has 4 rings (SSSR count). The highest BCUT2D eigenvalue weighted by Gasteiger charge is 2.08. The van der Waals surface area contributed by atoms with E-state index in [4.69, 9.17) is 0 Å². The third-order valence-corrected chi connectivity index (χ3v) is 3.81. The number of hydrogen-bond donors (Lipinski definition) is 0. The summed E-state index contributed by atoms with van der Waals surface area (Å²) in [5.41, 5.74) is 2.19. The first-order valence-corrected chi connectivity index (χ1v) is 6.57. The molecule has 0 aliphatic heterocycles. The third kappa shape index (κ3) is 1.25. The zero-order valence-electron chi connectivity index (χ0n) is 9.47. The van der Waals surface area contributed by atoms with Gasteiger partial charge in [0.25, 0.3) is 0 Å². The zero-order valence-corrected chi connectivity index (χ0v) is 11.1. The minimum Gasteiger partial charge on any atom is -0.299 e. The van der Waals surface area contributed by atoms with E-state index < -0.39 is 0 Å². The standard InChI is InChI=1S/C15H9BrN2/c16-10-5-6-12-11-3-1-2-4-13(11)15-17-7-8-18(15)14(12)9-10/h1-9H. The molecule has 0 spiro atoms. The van der Waals surface area contributed by atoms with Crippen LogP contribution in [0.25, 0.3) is 27.3 Å². The first-order valence-electron chi connectivity index (χ1n) is 5.77. The van der Waals surface area contributed by atoms with Crippen LogP contribution in [0.3, 0.4) is 0 Å². The van der Waals surface area contributed by atoms with Crippen molar-refractivity contribution in [2.45, 2.75) is 0 Å². The van der Waals surface area contributed by atoms with Crippen LogP contribution in [0.15, 0.2) is 59.3 Å². The Morgan fingerprint density at radius 3 is 2.67 bits per heavy atom. The first kappa shape index (κ1) is 10.1. The van der Waals surface area contributed by atoms with Gasteiger partial charge in [-0.3, -0.25) is 4.40 Å². The molecule has 0 radical (unpaired) electrons. The molecule has 0 saturated carbocycles. The average molecular weight is 297 g/mol. The molecule has 2 heterocycles. The number of aromatic nitrogens is 2. The summed E-state index contributed by atoms with van der Waals surface area (Å²) in [6.07, 6.45) is 3.86. The molecule has 86 valence electrons. The highest BCUT2D eigenvalue weighted by molar-refractivity contribution is 9.10. The molecule has 0 saturated heterocycles. The summed E-state index contributed by atoms with van der Waals surface area (Å²) in [5.74, 6) is 0. The van der Waals surface area contributed by atoms with Crippen molar-refractivity contribution < 1.29 is 0 Å². The number of imidazole rings is 1. The van der Waals surface area contributed by atoms with Crippen LogP contribution in [0.5, 0.6) is 0 Å². The third-order valence-electron chi connectivity index (χ3n) is 3.32. The van der Waals surface area contributed by atoms with Gasteiger partial charge in [-0.05, 0) is 17.5 Å². The second-order valence-corrected chi connectivity index (χ2v) is 5.24. The normalized spacial score (nSPS) is 11.6. The topological polar surface area (TPSA) is 17.3 Å². The van der Waals surface area contributed by atoms with Crippen LogP contribution < -0.4 is 0 Å². The molecular weight excluding hydrogens is 288 g/mol. The highest BCUT2D eigenvalue weighted by atomic mass is 79.9. The second-order valence-electron chi connectivity index (χ2n) is 4.33. The molecule has 2 aromatic heterocycles. The number of benzene rings is 2. The Hall–Kier alpha value is -1.87. The molecule has 18 heavy (non-hydrogen) atoms. The molecule has 0 aliphatic carbocycles. The Bertz CT molecular complexity index is 893. The van der Waals surface area contributed by atoms with Crippen molar-refractivity contribution in [3.8, 4) is 0 Å². The number of nitrogens with zero attached hydrogens (tertiary/aromatic N) is 2. The van der Waals surface area contributed by atoms with E-state index in [1.54, 1.807) is 0 Å². The lowest BCUT2D eigenvalue weighted by molar-refractivity contribution is 1.27. The summed E-state index contributed by atoms with van der Waals surface area (Å²) in [5, 5.41) is 3.69. The Morgan fingerprint density at radius 1 is 0.944 bits per heavy atom. The maximum Gasteiger partial charge on any atom is 0.145 e. The van der Waals surface area contributed by atoms with E-state index in [1.807, 2.05) is 12.4 Å². The number of fused-ring (bicyclic) bond motifs is 6. The smallest absolute Gasteiger partial charge is 0.145 e. The van der Waals surface area contributed by atoms with E-state index in [0.29, 0.717) is 0 Å². The fourth-order valence-electron chi connectivity index (χ4n) is 2.54. The largest absolute Gasteiger partial charge is 0.299 e. The predicted molar refractivity (Wildman–Crippen MR) is 77.9 cm³/mol. The van der Waals surface area contributed by atoms with Crippen molar-refractivity contribution in [2.75, 3.05) is 0 Å². The van der Waals surface area contributed by atoms with Crippen LogP contribution in [0.2, 0.25) is 0 Å². The van der Waals surface area contributed by atoms with E-state index >= 15 is 0 Å². The number of halogens is 1. The van der Waals surface area contributed by atoms with Gasteiger partial charge >= 0.3 is 0 Å². The molecule has 4 aromatic rings. The first-order chi connectivity index (χ1) is 8.84. The van der Waals surface area contributed by atoms with Gasteiger partial charge < -0.3 is 0 Å². The van der Waals surface area contributed by atoms with Crippen molar-refractivity contribution in [3.05, 3.63) is 59.3 Å². The summed E-state index contributed by atoms with van der Waals surface area (Å²) in [4.78, 5) is 4.47. The number of rotatable bonds is 0. The van der Waals surface area contributed by atoms with Gasteiger partial charge in [-0.15, -0.1) is 0 Å². The van der Waals surface area contributed by atoms with Crippen molar-refractivity contribution in [1.29, 1.82) is 0 Å². The summed E-state index contributed by atoms with van der Waals surface area (Å²) >= 11 is 3.54. The zero-order chi connectivity index (χ0) is 12.1. The van der Waals surface area contributed by atoms with E-state index in [9.17, 15) is 0 Å². The van der Waals surface area contributed by atoms with Gasteiger partial charge in [0.1, 0.15) is 5.65 Å². The lowest BCUT2D eigenvalue weighted by Crippen LogP contribution is -1.90. The Labute approximate surface area is 112 Å². The molecule has 0 atom stereocenters. The number of hydrogen-bond acceptors (Lipinski definition) is 1. The predicted octanol–water partition coefficient (Wildman–Crippen LogP) is 4.40. The van der Waals surface area contributed by atoms with Crippen molar-refractivity contribution >= 4 is 43.3 Å². The van der Waals surface area contributed by atoms with Crippen LogP contribution >= 0.6 is 15.9 Å². The molecule has 0 bridgehead atoms. The molecule has 0 unspecified atom stereocenters. The van der Waals surface area contributed by atoms with E-state index in [0.717, 1.165) is 10.1 Å². The molecule has 0 amide bonds. The van der Waals surface area contributed by atoms with E-state index in [-0.39, 0.29) is 0 Å². The van der Waals surface area contributed by atoms with Gasteiger partial charge in [-0.1, -0.05) is 46.3 Å². The van der Waals surface area contributed by atoms with Crippen molar-refractivity contribution in [1.82, 2.24) is 9.38 Å². The van der Waals surface area contributed by atoms with E-state index in [2.05, 4.69) is 67.8 Å². The van der Waals surface area contributed by atoms with Crippen LogP contribution in [0, 0.1) is 0 Å². The van der Waals surface area contributed by atoms with Gasteiger partial charge in [0, 0.05) is 27.6 Å². The lowest BCUT2D eigenvalue weighted by atomic mass is 10.1. The molecule has 2 aromatic carbocycles. The molecule has 0 fully saturated rings. The average Bonchev–Trinajstić information content (AvgIpc) is 2.88. The molecule has 0 N–H and O–H groups in total. The monoisotopic (exact) mass is 296 g/mol. The van der Waals surface area contributed by atoms with Gasteiger partial charge in [0.15, 0.2) is 0 Å². The number of pyridine rings is 1. The molecule has 3 heteroatoms. The van der Waals surface area contributed by atoms with E-state index in [1.165, 1.54) is 21.7 Å². The Balaban J connectivity index is 2.44. The molecule has 0 aliphatic rings. The second kappa shape index (κ2) is 3.56. The summed E-state index contributed by atoms with van der Waals surface area (Å²) in [7, 11) is 0. The van der Waals surface area contributed by atoms with Crippen molar-refractivity contribution in [3.63, 3.8) is 0 Å². The summed E-state index contributed by atoms with van der Waals surface area (Å²) in [6, 6.07) is 14.8. The fraction of sp³-hybridized carbons (Fsp3) is 0. The van der Waals surface area contributed by atoms with Gasteiger partial charge in [0.05, 0.1) is 5.52 Å². The van der Waals surface area contributed by atoms with Crippen molar-refractivity contribution in [2.24, 2.45) is 0 Å². The maximum atomic E-state index is 4.47. The quantitative estimate of drug-likeness (QED) is 0.440. The molecular formula is C15H9BrN2. The minimum atomic E-state index is 1.01. The lowest BCUT2D eigenvalue weighted by Gasteiger charge is -2.08. The van der Waals surface area contributed by atoms with Crippen LogP contribution in [-0.2, 0) is 0 Å². The SMILES string of the molecule is Brc1ccc2c3ccccc3c3nccn3c2c1. The Morgan fingerprint density at radius 2 is 1.78 bits per heavy atom. The Kier molecular flexibility index (Phi) is 2.00. The minimum absolute atomic E-state index is 1.01. The van der Waals surface area contributed by atoms with Gasteiger partial charge in [-0.2, -0.15) is 0 Å². The fourth-order valence-corrected chi connectivity index (χ4v) is 2.89. The van der Waals surface area contributed by atoms with Crippen LogP contribution in [0.1, 0.15) is 0 Å². The summed E-state index contributed by atoms with van der Waals surface area (Å²) in [6.45, 7) is 0. The van der Waals surface area contributed by atoms with Gasteiger partial charge in [0.2, 0.25) is 0 Å². The van der Waals surface area contributed by atoms with Gasteiger partial charge in [-0.25, -0.2) is 4.98 Å². The maximum absolute atomic E-state index is 4.47. The van der Waals surface area contributed by atoms with Crippen LogP contribution in [0.4, 0.5) is 0 Å². The molecule has 2 nitrogen and oxygen atoms in total.